The Balaban J connectivity index is 1.40. The van der Waals surface area contributed by atoms with Gasteiger partial charge < -0.3 is 40.5 Å². The Morgan fingerprint density at radius 1 is 1.10 bits per heavy atom. The first-order chi connectivity index (χ1) is 19.4. The second kappa shape index (κ2) is 11.9. The number of carbonyl (C=O) groups is 3. The van der Waals surface area contributed by atoms with Gasteiger partial charge in [0.05, 0.1) is 18.3 Å². The third kappa shape index (κ3) is 6.26. The third-order valence-electron chi connectivity index (χ3n) is 8.80. The van der Waals surface area contributed by atoms with E-state index in [4.69, 9.17) is 4.74 Å². The zero-order valence-electron chi connectivity index (χ0n) is 24.0. The summed E-state index contributed by atoms with van der Waals surface area (Å²) in [7, 11) is 0. The zero-order valence-corrected chi connectivity index (χ0v) is 24.0. The first kappa shape index (κ1) is 29.8. The van der Waals surface area contributed by atoms with Gasteiger partial charge >= 0.3 is 0 Å². The molecule has 14 nitrogen and oxygen atoms in total. The van der Waals surface area contributed by atoms with E-state index in [2.05, 4.69) is 20.9 Å². The number of aliphatic hydroxyl groups excluding tert-OH is 3. The molecule has 3 saturated heterocycles. The van der Waals surface area contributed by atoms with Gasteiger partial charge in [0.2, 0.25) is 11.8 Å². The normalized spacial score (nSPS) is 33.9. The second-order valence-electron chi connectivity index (χ2n) is 12.8. The number of fused-ring (bicyclic) bond motifs is 3. The van der Waals surface area contributed by atoms with Crippen molar-refractivity contribution in [1.82, 2.24) is 35.4 Å². The molecule has 3 amide bonds. The van der Waals surface area contributed by atoms with Crippen LogP contribution in [0.5, 0.6) is 0 Å². The molecule has 2 bridgehead atoms. The van der Waals surface area contributed by atoms with Crippen LogP contribution in [0, 0.1) is 0 Å². The predicted molar refractivity (Wildman–Crippen MR) is 144 cm³/mol. The van der Waals surface area contributed by atoms with Crippen LogP contribution in [-0.2, 0) is 24.5 Å². The van der Waals surface area contributed by atoms with Crippen molar-refractivity contribution in [2.45, 2.75) is 107 Å². The van der Waals surface area contributed by atoms with E-state index in [1.807, 2.05) is 27.0 Å². The minimum absolute atomic E-state index is 0.170. The highest BCUT2D eigenvalue weighted by Gasteiger charge is 2.49. The molecule has 1 saturated carbocycles. The van der Waals surface area contributed by atoms with Gasteiger partial charge in [0.15, 0.2) is 6.10 Å². The van der Waals surface area contributed by atoms with E-state index in [9.17, 15) is 29.7 Å². The molecule has 3 aliphatic heterocycles. The van der Waals surface area contributed by atoms with Gasteiger partial charge in [-0.2, -0.15) is 0 Å². The molecule has 1 aromatic rings. The van der Waals surface area contributed by atoms with Crippen molar-refractivity contribution in [3.8, 4) is 0 Å². The fourth-order valence-electron chi connectivity index (χ4n) is 6.21. The molecular formula is C27H43N7O7. The highest BCUT2D eigenvalue weighted by Crippen LogP contribution is 2.30. The minimum Gasteiger partial charge on any atom is -0.388 e. The number of aliphatic hydroxyl groups is 3. The average molecular weight is 578 g/mol. The molecule has 0 radical (unpaired) electrons. The summed E-state index contributed by atoms with van der Waals surface area (Å²) in [5.74, 6) is -1.51. The number of ether oxygens (including phenoxy) is 1. The van der Waals surface area contributed by atoms with E-state index in [1.165, 1.54) is 9.80 Å². The lowest BCUT2D eigenvalue weighted by atomic mass is 9.93. The van der Waals surface area contributed by atoms with Crippen LogP contribution in [0.25, 0.3) is 0 Å². The maximum absolute atomic E-state index is 13.7. The quantitative estimate of drug-likeness (QED) is 0.264. The number of hydrogen-bond acceptors (Lipinski definition) is 10. The number of nitrogens with zero attached hydrogens (tertiary/aromatic N) is 5. The Morgan fingerprint density at radius 2 is 1.83 bits per heavy atom. The Morgan fingerprint density at radius 3 is 2.51 bits per heavy atom. The van der Waals surface area contributed by atoms with Crippen LogP contribution in [0.4, 0.5) is 0 Å². The fraction of sp³-hybridized carbons (Fsp3) is 0.815. The highest BCUT2D eigenvalue weighted by atomic mass is 16.5. The zero-order chi connectivity index (χ0) is 29.5. The van der Waals surface area contributed by atoms with Crippen LogP contribution >= 0.6 is 0 Å². The number of amides is 3. The summed E-state index contributed by atoms with van der Waals surface area (Å²) in [5, 5.41) is 46.4. The number of rotatable bonds is 5. The summed E-state index contributed by atoms with van der Waals surface area (Å²) in [6.07, 6.45) is -0.984. The fourth-order valence-corrected chi connectivity index (χ4v) is 6.21. The third-order valence-corrected chi connectivity index (χ3v) is 8.80. The molecule has 7 atom stereocenters. The molecule has 14 heteroatoms. The summed E-state index contributed by atoms with van der Waals surface area (Å²) in [6.45, 7) is 6.34. The summed E-state index contributed by atoms with van der Waals surface area (Å²) < 4.78 is 7.45. The molecule has 0 aromatic carbocycles. The minimum atomic E-state index is -1.69. The molecule has 1 aliphatic carbocycles. The summed E-state index contributed by atoms with van der Waals surface area (Å²) >= 11 is 0. The largest absolute Gasteiger partial charge is 0.388 e. The van der Waals surface area contributed by atoms with E-state index in [1.54, 1.807) is 4.68 Å². The monoisotopic (exact) mass is 577 g/mol. The van der Waals surface area contributed by atoms with Gasteiger partial charge in [-0.1, -0.05) is 38.8 Å². The standard InChI is InChI=1S/C27H43N7O7/c1-27(2,3)19-13-34(31-30-19)16-10-17-25(39)29-11-18-21(36)22(37)23(38)24(41-18)26(40)32(14-20(35)33(17)12-16)9-8-28-15-6-4-5-7-15/h13,15-18,21-24,28,36-38H,4-12,14H2,1-3H3,(H,29,39)/t16-,17-,18-,21-,22+,23+,24-/m0/s1. The second-order valence-corrected chi connectivity index (χ2v) is 12.8. The van der Waals surface area contributed by atoms with E-state index < -0.39 is 54.3 Å². The van der Waals surface area contributed by atoms with Crippen LogP contribution in [0.1, 0.15) is 64.6 Å². The van der Waals surface area contributed by atoms with Crippen molar-refractivity contribution >= 4 is 17.7 Å². The number of hydrogen-bond donors (Lipinski definition) is 5. The number of aromatic nitrogens is 3. The van der Waals surface area contributed by atoms with Crippen LogP contribution in [0.15, 0.2) is 6.20 Å². The molecule has 41 heavy (non-hydrogen) atoms. The van der Waals surface area contributed by atoms with E-state index in [0.29, 0.717) is 19.0 Å². The molecule has 0 unspecified atom stereocenters. The summed E-state index contributed by atoms with van der Waals surface area (Å²) in [4.78, 5) is 43.6. The van der Waals surface area contributed by atoms with Crippen molar-refractivity contribution in [1.29, 1.82) is 0 Å². The maximum atomic E-state index is 13.7. The lowest BCUT2D eigenvalue weighted by molar-refractivity contribution is -0.223. The predicted octanol–water partition coefficient (Wildman–Crippen LogP) is -1.94. The Kier molecular flexibility index (Phi) is 8.67. The first-order valence-corrected chi connectivity index (χ1v) is 14.7. The average Bonchev–Trinajstić information content (AvgIpc) is 3.70. The summed E-state index contributed by atoms with van der Waals surface area (Å²) in [5.41, 5.74) is 0.566. The van der Waals surface area contributed by atoms with Gasteiger partial charge in [-0.25, -0.2) is 4.68 Å². The van der Waals surface area contributed by atoms with Gasteiger partial charge in [-0.3, -0.25) is 14.4 Å². The van der Waals surface area contributed by atoms with Gasteiger partial charge in [0.1, 0.15) is 30.5 Å². The van der Waals surface area contributed by atoms with Crippen molar-refractivity contribution < 1.29 is 34.4 Å². The number of carbonyl (C=O) groups excluding carboxylic acids is 3. The van der Waals surface area contributed by atoms with Crippen LogP contribution in [0.2, 0.25) is 0 Å². The van der Waals surface area contributed by atoms with Gasteiger partial charge in [0.25, 0.3) is 5.91 Å². The molecule has 4 heterocycles. The Bertz CT molecular complexity index is 1120. The van der Waals surface area contributed by atoms with Crippen molar-refractivity contribution in [3.05, 3.63) is 11.9 Å². The lowest BCUT2D eigenvalue weighted by Crippen LogP contribution is -2.65. The molecule has 4 aliphatic rings. The number of nitrogens with one attached hydrogen (secondary N) is 2. The Labute approximate surface area is 239 Å². The van der Waals surface area contributed by atoms with Gasteiger partial charge in [0, 0.05) is 50.3 Å². The van der Waals surface area contributed by atoms with E-state index in [0.717, 1.165) is 31.4 Å². The van der Waals surface area contributed by atoms with Gasteiger partial charge in [-0.05, 0) is 12.8 Å². The molecule has 5 N–H and O–H groups in total. The maximum Gasteiger partial charge on any atom is 0.255 e. The SMILES string of the molecule is CC(C)(C)c1cn([C@H]2C[C@H]3C(=O)NC[C@@H]4O[C@H](C(=O)N(CCNC5CCCC5)CC(=O)N3C2)[C@H](O)[C@H](O)[C@H]4O)nn1. The highest BCUT2D eigenvalue weighted by molar-refractivity contribution is 5.92. The molecular weight excluding hydrogens is 534 g/mol. The van der Waals surface area contributed by atoms with Crippen LogP contribution in [-0.4, -0.2) is 133 Å². The van der Waals surface area contributed by atoms with Gasteiger partial charge in [-0.15, -0.1) is 5.10 Å². The molecule has 5 rings (SSSR count). The van der Waals surface area contributed by atoms with Crippen molar-refractivity contribution in [3.63, 3.8) is 0 Å². The Hall–Kier alpha value is -2.65. The molecule has 4 fully saturated rings. The first-order valence-electron chi connectivity index (χ1n) is 14.7. The summed E-state index contributed by atoms with van der Waals surface area (Å²) in [6, 6.07) is -0.796. The molecule has 228 valence electrons. The van der Waals surface area contributed by atoms with Crippen LogP contribution in [0.3, 0.4) is 0 Å². The van der Waals surface area contributed by atoms with Crippen LogP contribution < -0.4 is 10.6 Å². The van der Waals surface area contributed by atoms with Crippen molar-refractivity contribution in [2.24, 2.45) is 0 Å². The molecule has 0 spiro atoms. The van der Waals surface area contributed by atoms with E-state index in [-0.39, 0.29) is 37.6 Å². The van der Waals surface area contributed by atoms with Crippen molar-refractivity contribution in [2.75, 3.05) is 32.7 Å². The molecule has 1 aromatic heterocycles. The smallest absolute Gasteiger partial charge is 0.255 e. The lowest BCUT2D eigenvalue weighted by Gasteiger charge is -2.42. The van der Waals surface area contributed by atoms with E-state index >= 15 is 0 Å². The topological polar surface area (TPSA) is 182 Å².